The molecule has 0 atom stereocenters. The van der Waals surface area contributed by atoms with Gasteiger partial charge in [0, 0.05) is 18.1 Å². The van der Waals surface area contributed by atoms with E-state index in [9.17, 15) is 14.7 Å². The molecule has 0 saturated heterocycles. The first kappa shape index (κ1) is 13.5. The van der Waals surface area contributed by atoms with Crippen molar-refractivity contribution in [2.24, 2.45) is 0 Å². The van der Waals surface area contributed by atoms with Crippen molar-refractivity contribution in [2.45, 2.75) is 13.0 Å². The average molecular weight is 307 g/mol. The molecule has 4 rings (SSSR count). The number of aryl methyl sites for hydroxylation is 2. The lowest BCUT2D eigenvalue weighted by molar-refractivity contribution is 0.102. The Balaban J connectivity index is 1.89. The fraction of sp³-hybridized carbons (Fsp3) is 0.118. The maximum Gasteiger partial charge on any atom is 0.267 e. The van der Waals surface area contributed by atoms with Crippen molar-refractivity contribution in [2.75, 3.05) is 5.32 Å². The van der Waals surface area contributed by atoms with Crippen molar-refractivity contribution >= 4 is 22.6 Å². The van der Waals surface area contributed by atoms with E-state index in [-0.39, 0.29) is 11.3 Å². The van der Waals surface area contributed by atoms with Crippen LogP contribution in [0.1, 0.15) is 15.9 Å². The number of benzene rings is 1. The summed E-state index contributed by atoms with van der Waals surface area (Å²) in [6.07, 6.45) is 2.26. The third-order valence-corrected chi connectivity index (χ3v) is 4.08. The summed E-state index contributed by atoms with van der Waals surface area (Å²) in [5.74, 6) is -0.612. The molecule has 2 aromatic heterocycles. The summed E-state index contributed by atoms with van der Waals surface area (Å²) in [4.78, 5) is 29.1. The highest BCUT2D eigenvalue weighted by Gasteiger charge is 2.26. The highest BCUT2D eigenvalue weighted by Crippen LogP contribution is 2.32. The van der Waals surface area contributed by atoms with Crippen molar-refractivity contribution < 1.29 is 9.90 Å². The second-order valence-corrected chi connectivity index (χ2v) is 5.41. The summed E-state index contributed by atoms with van der Waals surface area (Å²) in [6.45, 7) is 0.513. The van der Waals surface area contributed by atoms with Gasteiger partial charge in [-0.1, -0.05) is 18.2 Å². The molecule has 23 heavy (non-hydrogen) atoms. The van der Waals surface area contributed by atoms with Crippen molar-refractivity contribution in [3.8, 4) is 5.75 Å². The second kappa shape index (κ2) is 4.95. The lowest BCUT2D eigenvalue weighted by Crippen LogP contribution is -2.28. The summed E-state index contributed by atoms with van der Waals surface area (Å²) in [5.41, 5.74) is 0.992. The average Bonchev–Trinajstić information content (AvgIpc) is 2.99. The zero-order valence-electron chi connectivity index (χ0n) is 12.1. The van der Waals surface area contributed by atoms with Crippen LogP contribution in [0.5, 0.6) is 5.75 Å². The Bertz CT molecular complexity index is 993. The number of rotatable bonds is 2. The molecule has 3 heterocycles. The largest absolute Gasteiger partial charge is 0.506 e. The molecule has 1 aromatic carbocycles. The van der Waals surface area contributed by atoms with Crippen molar-refractivity contribution in [3.05, 3.63) is 64.1 Å². The van der Waals surface area contributed by atoms with E-state index in [2.05, 4.69) is 10.3 Å². The van der Waals surface area contributed by atoms with E-state index in [0.717, 1.165) is 12.0 Å². The molecule has 0 bridgehead atoms. The smallest absolute Gasteiger partial charge is 0.267 e. The standard InChI is InChI=1S/C17H13N3O3/c21-15-11-5-3-4-10-7-9-20(14(10)11)17(23)13(15)16(22)19-12-6-1-2-8-18-12/h1-6,8,21H,7,9H2,(H,18,19,22). The van der Waals surface area contributed by atoms with E-state index in [1.807, 2.05) is 12.1 Å². The zero-order valence-corrected chi connectivity index (χ0v) is 12.1. The molecule has 3 aromatic rings. The number of nitrogens with zero attached hydrogens (tertiary/aromatic N) is 2. The number of hydrogen-bond donors (Lipinski definition) is 2. The molecule has 1 amide bonds. The Hall–Kier alpha value is -3.15. The van der Waals surface area contributed by atoms with Crippen LogP contribution in [-0.2, 0) is 13.0 Å². The summed E-state index contributed by atoms with van der Waals surface area (Å²) in [6, 6.07) is 10.5. The van der Waals surface area contributed by atoms with Crippen LogP contribution >= 0.6 is 0 Å². The molecule has 114 valence electrons. The third kappa shape index (κ3) is 1.99. The van der Waals surface area contributed by atoms with E-state index in [1.54, 1.807) is 28.8 Å². The molecule has 6 heteroatoms. The Morgan fingerprint density at radius 3 is 2.87 bits per heavy atom. The number of aromatic hydroxyl groups is 1. The maximum atomic E-state index is 12.6. The number of hydrogen-bond acceptors (Lipinski definition) is 4. The number of carbonyl (C=O) groups excluding carboxylic acids is 1. The van der Waals surface area contributed by atoms with Gasteiger partial charge < -0.3 is 15.0 Å². The molecular formula is C17H13N3O3. The molecule has 1 aliphatic rings. The molecular weight excluding hydrogens is 294 g/mol. The van der Waals surface area contributed by atoms with Gasteiger partial charge in [-0.05, 0) is 30.2 Å². The summed E-state index contributed by atoms with van der Waals surface area (Å²) in [5, 5.41) is 13.5. The lowest BCUT2D eigenvalue weighted by atomic mass is 10.1. The highest BCUT2D eigenvalue weighted by atomic mass is 16.3. The Morgan fingerprint density at radius 2 is 2.09 bits per heavy atom. The number of carbonyl (C=O) groups is 1. The summed E-state index contributed by atoms with van der Waals surface area (Å²) >= 11 is 0. The quantitative estimate of drug-likeness (QED) is 0.757. The Labute approximate surface area is 131 Å². The minimum atomic E-state index is -0.658. The van der Waals surface area contributed by atoms with Gasteiger partial charge in [0.25, 0.3) is 11.5 Å². The van der Waals surface area contributed by atoms with Crippen LogP contribution in [0.3, 0.4) is 0 Å². The molecule has 2 N–H and O–H groups in total. The number of aromatic nitrogens is 2. The normalized spacial score (nSPS) is 12.5. The predicted octanol–water partition coefficient (Wildman–Crippen LogP) is 1.91. The molecule has 0 unspecified atom stereocenters. The monoisotopic (exact) mass is 307 g/mol. The first-order valence-corrected chi connectivity index (χ1v) is 7.26. The van der Waals surface area contributed by atoms with Gasteiger partial charge in [-0.25, -0.2) is 4.98 Å². The Kier molecular flexibility index (Phi) is 2.90. The zero-order chi connectivity index (χ0) is 16.0. The van der Waals surface area contributed by atoms with Gasteiger partial charge in [0.05, 0.1) is 5.52 Å². The summed E-state index contributed by atoms with van der Waals surface area (Å²) < 4.78 is 1.55. The molecule has 0 radical (unpaired) electrons. The van der Waals surface area contributed by atoms with Crippen LogP contribution in [-0.4, -0.2) is 20.6 Å². The van der Waals surface area contributed by atoms with E-state index >= 15 is 0 Å². The first-order valence-electron chi connectivity index (χ1n) is 7.26. The van der Waals surface area contributed by atoms with Gasteiger partial charge >= 0.3 is 0 Å². The maximum absolute atomic E-state index is 12.6. The van der Waals surface area contributed by atoms with Crippen molar-refractivity contribution in [3.63, 3.8) is 0 Å². The van der Waals surface area contributed by atoms with E-state index < -0.39 is 11.5 Å². The fourth-order valence-electron chi connectivity index (χ4n) is 3.04. The number of nitrogens with one attached hydrogen (secondary N) is 1. The second-order valence-electron chi connectivity index (χ2n) is 5.41. The minimum Gasteiger partial charge on any atom is -0.506 e. The summed E-state index contributed by atoms with van der Waals surface area (Å²) in [7, 11) is 0. The lowest BCUT2D eigenvalue weighted by Gasteiger charge is -2.11. The van der Waals surface area contributed by atoms with Crippen LogP contribution in [0.15, 0.2) is 47.4 Å². The highest BCUT2D eigenvalue weighted by molar-refractivity contribution is 6.09. The van der Waals surface area contributed by atoms with Crippen LogP contribution < -0.4 is 10.9 Å². The van der Waals surface area contributed by atoms with E-state index in [4.69, 9.17) is 0 Å². The molecule has 0 aliphatic carbocycles. The van der Waals surface area contributed by atoms with Crippen LogP contribution in [0, 0.1) is 0 Å². The minimum absolute atomic E-state index is 0.248. The topological polar surface area (TPSA) is 84.2 Å². The molecule has 6 nitrogen and oxygen atoms in total. The van der Waals surface area contributed by atoms with Crippen molar-refractivity contribution in [1.82, 2.24) is 9.55 Å². The van der Waals surface area contributed by atoms with E-state index in [0.29, 0.717) is 23.3 Å². The third-order valence-electron chi connectivity index (χ3n) is 4.08. The van der Waals surface area contributed by atoms with Gasteiger partial charge in [-0.3, -0.25) is 9.59 Å². The number of amides is 1. The van der Waals surface area contributed by atoms with Gasteiger partial charge in [-0.2, -0.15) is 0 Å². The first-order chi connectivity index (χ1) is 11.2. The number of pyridine rings is 2. The van der Waals surface area contributed by atoms with Crippen LogP contribution in [0.4, 0.5) is 5.82 Å². The Morgan fingerprint density at radius 1 is 1.22 bits per heavy atom. The predicted molar refractivity (Wildman–Crippen MR) is 85.8 cm³/mol. The molecule has 0 fully saturated rings. The molecule has 0 spiro atoms. The van der Waals surface area contributed by atoms with Gasteiger partial charge in [0.2, 0.25) is 0 Å². The number of anilines is 1. The van der Waals surface area contributed by atoms with Gasteiger partial charge in [0.15, 0.2) is 0 Å². The van der Waals surface area contributed by atoms with Crippen LogP contribution in [0.25, 0.3) is 10.9 Å². The fourth-order valence-corrected chi connectivity index (χ4v) is 3.04. The molecule has 1 aliphatic heterocycles. The van der Waals surface area contributed by atoms with Gasteiger partial charge in [-0.15, -0.1) is 0 Å². The van der Waals surface area contributed by atoms with Crippen LogP contribution in [0.2, 0.25) is 0 Å². The van der Waals surface area contributed by atoms with E-state index in [1.165, 1.54) is 6.20 Å². The molecule has 0 saturated carbocycles. The number of para-hydroxylation sites is 1. The van der Waals surface area contributed by atoms with Crippen molar-refractivity contribution in [1.29, 1.82) is 0 Å². The SMILES string of the molecule is O=C(Nc1ccccn1)c1c(O)c2cccc3c2n(c1=O)CC3. The van der Waals surface area contributed by atoms with Gasteiger partial charge in [0.1, 0.15) is 17.1 Å².